The van der Waals surface area contributed by atoms with E-state index < -0.39 is 29.2 Å². The summed E-state index contributed by atoms with van der Waals surface area (Å²) in [6.45, 7) is -0.0131. The SMILES string of the molecule is CN(CCC(F)(F)F)S(=O)(=O)c1cnn(CCN)c1. The van der Waals surface area contributed by atoms with Gasteiger partial charge in [0.1, 0.15) is 4.90 Å². The Hall–Kier alpha value is -1.13. The van der Waals surface area contributed by atoms with Crippen molar-refractivity contribution in [2.75, 3.05) is 20.1 Å². The van der Waals surface area contributed by atoms with E-state index in [1.54, 1.807) is 0 Å². The Kier molecular flexibility index (Phi) is 4.93. The van der Waals surface area contributed by atoms with Gasteiger partial charge in [-0.15, -0.1) is 0 Å². The van der Waals surface area contributed by atoms with E-state index in [0.29, 0.717) is 10.8 Å². The van der Waals surface area contributed by atoms with Gasteiger partial charge < -0.3 is 5.73 Å². The van der Waals surface area contributed by atoms with Crippen LogP contribution in [0.3, 0.4) is 0 Å². The van der Waals surface area contributed by atoms with E-state index in [4.69, 9.17) is 5.73 Å². The molecule has 0 aliphatic carbocycles. The molecule has 0 atom stereocenters. The molecule has 1 heterocycles. The van der Waals surface area contributed by atoms with E-state index in [1.807, 2.05) is 0 Å². The summed E-state index contributed by atoms with van der Waals surface area (Å²) >= 11 is 0. The maximum Gasteiger partial charge on any atom is 0.390 e. The second-order valence-electron chi connectivity index (χ2n) is 3.92. The number of nitrogens with zero attached hydrogens (tertiary/aromatic N) is 3. The minimum absolute atomic E-state index is 0.148. The van der Waals surface area contributed by atoms with Crippen molar-refractivity contribution in [1.82, 2.24) is 14.1 Å². The summed E-state index contributed by atoms with van der Waals surface area (Å²) < 4.78 is 62.0. The molecule has 10 heteroatoms. The first-order valence-corrected chi connectivity index (χ1v) is 6.86. The van der Waals surface area contributed by atoms with Crippen LogP contribution in [0.25, 0.3) is 0 Å². The molecular weight excluding hydrogens is 285 g/mol. The Balaban J connectivity index is 2.78. The Labute approximate surface area is 109 Å². The highest BCUT2D eigenvalue weighted by Gasteiger charge is 2.30. The number of nitrogens with two attached hydrogens (primary N) is 1. The standard InChI is InChI=1S/C9H15F3N4O2S/c1-15(4-2-9(10,11)12)19(17,18)8-6-14-16(7-8)5-3-13/h6-7H,2-5,13H2,1H3. The highest BCUT2D eigenvalue weighted by Crippen LogP contribution is 2.21. The van der Waals surface area contributed by atoms with Crippen LogP contribution in [0.15, 0.2) is 17.3 Å². The molecule has 1 aromatic heterocycles. The molecule has 110 valence electrons. The second kappa shape index (κ2) is 5.88. The molecular formula is C9H15F3N4O2S. The molecule has 0 aliphatic heterocycles. The maximum atomic E-state index is 12.1. The smallest absolute Gasteiger partial charge is 0.329 e. The number of aromatic nitrogens is 2. The Bertz CT molecular complexity index is 512. The highest BCUT2D eigenvalue weighted by molar-refractivity contribution is 7.89. The fraction of sp³-hybridized carbons (Fsp3) is 0.667. The van der Waals surface area contributed by atoms with Gasteiger partial charge in [-0.2, -0.15) is 18.3 Å². The lowest BCUT2D eigenvalue weighted by atomic mass is 10.4. The molecule has 0 radical (unpaired) electrons. The van der Waals surface area contributed by atoms with Gasteiger partial charge in [-0.1, -0.05) is 0 Å². The van der Waals surface area contributed by atoms with E-state index in [1.165, 1.54) is 10.9 Å². The van der Waals surface area contributed by atoms with E-state index in [9.17, 15) is 21.6 Å². The molecule has 0 aliphatic rings. The van der Waals surface area contributed by atoms with E-state index >= 15 is 0 Å². The van der Waals surface area contributed by atoms with Gasteiger partial charge in [0.15, 0.2) is 0 Å². The lowest BCUT2D eigenvalue weighted by Crippen LogP contribution is -2.30. The van der Waals surface area contributed by atoms with Crippen molar-refractivity contribution in [2.24, 2.45) is 5.73 Å². The molecule has 0 fully saturated rings. The van der Waals surface area contributed by atoms with E-state index in [2.05, 4.69) is 5.10 Å². The number of hydrogen-bond donors (Lipinski definition) is 1. The van der Waals surface area contributed by atoms with Gasteiger partial charge in [0, 0.05) is 26.3 Å². The Morgan fingerprint density at radius 1 is 1.47 bits per heavy atom. The van der Waals surface area contributed by atoms with Gasteiger partial charge in [-0.25, -0.2) is 12.7 Å². The van der Waals surface area contributed by atoms with Crippen molar-refractivity contribution in [1.29, 1.82) is 0 Å². The molecule has 6 nitrogen and oxygen atoms in total. The zero-order valence-corrected chi connectivity index (χ0v) is 11.1. The molecule has 19 heavy (non-hydrogen) atoms. The summed E-state index contributed by atoms with van der Waals surface area (Å²) in [5, 5.41) is 3.77. The maximum absolute atomic E-state index is 12.1. The molecule has 0 aromatic carbocycles. The monoisotopic (exact) mass is 300 g/mol. The van der Waals surface area contributed by atoms with Crippen molar-refractivity contribution < 1.29 is 21.6 Å². The van der Waals surface area contributed by atoms with Gasteiger partial charge in [-0.3, -0.25) is 4.68 Å². The first kappa shape index (κ1) is 15.9. The lowest BCUT2D eigenvalue weighted by Gasteiger charge is -2.16. The number of sulfonamides is 1. The summed E-state index contributed by atoms with van der Waals surface area (Å²) in [5.41, 5.74) is 5.29. The van der Waals surface area contributed by atoms with Gasteiger partial charge in [0.05, 0.1) is 19.2 Å². The lowest BCUT2D eigenvalue weighted by molar-refractivity contribution is -0.135. The second-order valence-corrected chi connectivity index (χ2v) is 5.96. The van der Waals surface area contributed by atoms with Crippen LogP contribution in [0.4, 0.5) is 13.2 Å². The summed E-state index contributed by atoms with van der Waals surface area (Å²) in [7, 11) is -2.85. The quantitative estimate of drug-likeness (QED) is 0.825. The molecule has 0 saturated carbocycles. The summed E-state index contributed by atoms with van der Waals surface area (Å²) in [6, 6.07) is 0. The average Bonchev–Trinajstić information content (AvgIpc) is 2.74. The number of alkyl halides is 3. The third kappa shape index (κ3) is 4.48. The molecule has 1 aromatic rings. The number of rotatable bonds is 6. The topological polar surface area (TPSA) is 81.2 Å². The van der Waals surface area contributed by atoms with Crippen LogP contribution >= 0.6 is 0 Å². The summed E-state index contributed by atoms with van der Waals surface area (Å²) in [5.74, 6) is 0. The minimum atomic E-state index is -4.40. The fourth-order valence-corrected chi connectivity index (χ4v) is 2.44. The van der Waals surface area contributed by atoms with Crippen molar-refractivity contribution in [3.8, 4) is 0 Å². The van der Waals surface area contributed by atoms with Crippen molar-refractivity contribution in [2.45, 2.75) is 24.0 Å². The third-order valence-electron chi connectivity index (χ3n) is 2.39. The zero-order chi connectivity index (χ0) is 14.7. The predicted octanol–water partition coefficient (Wildman–Crippen LogP) is 0.415. The van der Waals surface area contributed by atoms with E-state index in [0.717, 1.165) is 13.2 Å². The van der Waals surface area contributed by atoms with Crippen LogP contribution in [0.5, 0.6) is 0 Å². The van der Waals surface area contributed by atoms with Crippen LogP contribution in [-0.2, 0) is 16.6 Å². The van der Waals surface area contributed by atoms with Gasteiger partial charge >= 0.3 is 6.18 Å². The Morgan fingerprint density at radius 2 is 2.11 bits per heavy atom. The van der Waals surface area contributed by atoms with Crippen LogP contribution in [0.1, 0.15) is 6.42 Å². The molecule has 0 amide bonds. The molecule has 0 bridgehead atoms. The largest absolute Gasteiger partial charge is 0.390 e. The normalized spacial score (nSPS) is 13.2. The zero-order valence-electron chi connectivity index (χ0n) is 10.3. The fourth-order valence-electron chi connectivity index (χ4n) is 1.32. The number of hydrogen-bond acceptors (Lipinski definition) is 4. The third-order valence-corrected chi connectivity index (χ3v) is 4.20. The van der Waals surface area contributed by atoms with Gasteiger partial charge in [-0.05, 0) is 0 Å². The summed E-state index contributed by atoms with van der Waals surface area (Å²) in [4.78, 5) is -0.148. The highest BCUT2D eigenvalue weighted by atomic mass is 32.2. The average molecular weight is 300 g/mol. The van der Waals surface area contributed by atoms with Crippen LogP contribution in [0, 0.1) is 0 Å². The first-order chi connectivity index (χ1) is 8.66. The molecule has 2 N–H and O–H groups in total. The van der Waals surface area contributed by atoms with Gasteiger partial charge in [0.2, 0.25) is 10.0 Å². The molecule has 0 saturated heterocycles. The predicted molar refractivity (Wildman–Crippen MR) is 61.8 cm³/mol. The van der Waals surface area contributed by atoms with Crippen LogP contribution < -0.4 is 5.73 Å². The molecule has 0 unspecified atom stereocenters. The van der Waals surface area contributed by atoms with Crippen molar-refractivity contribution >= 4 is 10.0 Å². The van der Waals surface area contributed by atoms with Gasteiger partial charge in [0.25, 0.3) is 0 Å². The summed E-state index contributed by atoms with van der Waals surface area (Å²) in [6.07, 6.45) is -3.26. The van der Waals surface area contributed by atoms with E-state index in [-0.39, 0.29) is 11.4 Å². The molecule has 0 spiro atoms. The first-order valence-electron chi connectivity index (χ1n) is 5.42. The Morgan fingerprint density at radius 3 is 2.63 bits per heavy atom. The van der Waals surface area contributed by atoms with Crippen molar-refractivity contribution in [3.05, 3.63) is 12.4 Å². The van der Waals surface area contributed by atoms with Crippen LogP contribution in [0.2, 0.25) is 0 Å². The minimum Gasteiger partial charge on any atom is -0.329 e. The number of halogens is 3. The molecule has 1 rings (SSSR count). The van der Waals surface area contributed by atoms with Crippen molar-refractivity contribution in [3.63, 3.8) is 0 Å². The van der Waals surface area contributed by atoms with Crippen LogP contribution in [-0.4, -0.2) is 48.8 Å².